The first-order chi connectivity index (χ1) is 9.79. The Balaban J connectivity index is 1.85. The van der Waals surface area contributed by atoms with Crippen molar-refractivity contribution in [3.63, 3.8) is 0 Å². The summed E-state index contributed by atoms with van der Waals surface area (Å²) in [5.74, 6) is 0.124. The molecule has 0 unspecified atom stereocenters. The van der Waals surface area contributed by atoms with Crippen LogP contribution < -0.4 is 5.73 Å². The third-order valence-corrected chi connectivity index (χ3v) is 3.89. The van der Waals surface area contributed by atoms with Crippen LogP contribution in [0.1, 0.15) is 27.0 Å². The number of hydrogen-bond donors (Lipinski definition) is 1. The lowest BCUT2D eigenvalue weighted by Crippen LogP contribution is -2.37. The SMILES string of the molecule is NCc1ccccc1CN1CCc2ccccc2C1=O. The molecule has 3 heteroatoms. The highest BCUT2D eigenvalue weighted by Crippen LogP contribution is 2.21. The Labute approximate surface area is 119 Å². The monoisotopic (exact) mass is 266 g/mol. The Morgan fingerprint density at radius 2 is 1.70 bits per heavy atom. The van der Waals surface area contributed by atoms with Gasteiger partial charge in [0, 0.05) is 25.2 Å². The van der Waals surface area contributed by atoms with Gasteiger partial charge in [0.1, 0.15) is 0 Å². The van der Waals surface area contributed by atoms with E-state index in [1.807, 2.05) is 47.4 Å². The number of carbonyl (C=O) groups excluding carboxylic acids is 1. The molecule has 20 heavy (non-hydrogen) atoms. The molecule has 0 aromatic heterocycles. The van der Waals surface area contributed by atoms with Crippen LogP contribution in [0.3, 0.4) is 0 Å². The summed E-state index contributed by atoms with van der Waals surface area (Å²) in [5.41, 5.74) is 10.0. The van der Waals surface area contributed by atoms with Gasteiger partial charge in [0.25, 0.3) is 5.91 Å². The van der Waals surface area contributed by atoms with Crippen molar-refractivity contribution in [3.8, 4) is 0 Å². The second-order valence-electron chi connectivity index (χ2n) is 5.11. The third kappa shape index (κ3) is 2.32. The Morgan fingerprint density at radius 1 is 1.00 bits per heavy atom. The van der Waals surface area contributed by atoms with Crippen molar-refractivity contribution < 1.29 is 4.79 Å². The summed E-state index contributed by atoms with van der Waals surface area (Å²) in [7, 11) is 0. The van der Waals surface area contributed by atoms with Gasteiger partial charge >= 0.3 is 0 Å². The van der Waals surface area contributed by atoms with Crippen molar-refractivity contribution in [2.24, 2.45) is 5.73 Å². The van der Waals surface area contributed by atoms with Crippen molar-refractivity contribution in [2.45, 2.75) is 19.5 Å². The molecule has 0 radical (unpaired) electrons. The summed E-state index contributed by atoms with van der Waals surface area (Å²) in [5, 5.41) is 0. The highest BCUT2D eigenvalue weighted by Gasteiger charge is 2.24. The lowest BCUT2D eigenvalue weighted by Gasteiger charge is -2.29. The number of fused-ring (bicyclic) bond motifs is 1. The zero-order valence-electron chi connectivity index (χ0n) is 11.4. The van der Waals surface area contributed by atoms with Gasteiger partial charge in [-0.3, -0.25) is 4.79 Å². The summed E-state index contributed by atoms with van der Waals surface area (Å²) in [6.45, 7) is 1.92. The number of benzene rings is 2. The number of rotatable bonds is 3. The van der Waals surface area contributed by atoms with E-state index in [2.05, 4.69) is 6.07 Å². The molecular formula is C17H18N2O. The highest BCUT2D eigenvalue weighted by atomic mass is 16.2. The number of carbonyl (C=O) groups is 1. The molecule has 0 spiro atoms. The molecule has 0 saturated carbocycles. The van der Waals surface area contributed by atoms with Gasteiger partial charge in [-0.1, -0.05) is 42.5 Å². The van der Waals surface area contributed by atoms with Crippen LogP contribution in [0.25, 0.3) is 0 Å². The van der Waals surface area contributed by atoms with Crippen LogP contribution in [0, 0.1) is 0 Å². The largest absolute Gasteiger partial charge is 0.334 e. The van der Waals surface area contributed by atoms with Crippen molar-refractivity contribution in [2.75, 3.05) is 6.54 Å². The Bertz CT molecular complexity index is 636. The van der Waals surface area contributed by atoms with Crippen molar-refractivity contribution in [3.05, 3.63) is 70.8 Å². The van der Waals surface area contributed by atoms with E-state index in [0.29, 0.717) is 13.1 Å². The molecule has 102 valence electrons. The average molecular weight is 266 g/mol. The predicted octanol–water partition coefficient (Wildman–Crippen LogP) is 2.34. The van der Waals surface area contributed by atoms with Crippen molar-refractivity contribution in [1.82, 2.24) is 4.90 Å². The molecule has 1 heterocycles. The summed E-state index contributed by atoms with van der Waals surface area (Å²) in [6, 6.07) is 15.9. The fourth-order valence-corrected chi connectivity index (χ4v) is 2.74. The molecule has 0 fully saturated rings. The maximum absolute atomic E-state index is 12.5. The molecule has 0 atom stereocenters. The fraction of sp³-hybridized carbons (Fsp3) is 0.235. The van der Waals surface area contributed by atoms with Crippen LogP contribution in [-0.2, 0) is 19.5 Å². The topological polar surface area (TPSA) is 46.3 Å². The summed E-state index contributed by atoms with van der Waals surface area (Å²) in [4.78, 5) is 14.4. The van der Waals surface area contributed by atoms with Gasteiger partial charge < -0.3 is 10.6 Å². The Hall–Kier alpha value is -2.13. The summed E-state index contributed by atoms with van der Waals surface area (Å²) >= 11 is 0. The average Bonchev–Trinajstić information content (AvgIpc) is 2.51. The quantitative estimate of drug-likeness (QED) is 0.927. The van der Waals surface area contributed by atoms with E-state index >= 15 is 0 Å². The van der Waals surface area contributed by atoms with Gasteiger partial charge in [0.2, 0.25) is 0 Å². The maximum atomic E-state index is 12.5. The second kappa shape index (κ2) is 5.47. The van der Waals surface area contributed by atoms with Gasteiger partial charge in [-0.15, -0.1) is 0 Å². The normalized spacial score (nSPS) is 14.2. The lowest BCUT2D eigenvalue weighted by molar-refractivity contribution is 0.0726. The van der Waals surface area contributed by atoms with E-state index in [4.69, 9.17) is 5.73 Å². The zero-order chi connectivity index (χ0) is 13.9. The van der Waals surface area contributed by atoms with Gasteiger partial charge in [-0.25, -0.2) is 0 Å². The maximum Gasteiger partial charge on any atom is 0.254 e. The summed E-state index contributed by atoms with van der Waals surface area (Å²) in [6.07, 6.45) is 0.923. The van der Waals surface area contributed by atoms with E-state index in [9.17, 15) is 4.79 Å². The first-order valence-electron chi connectivity index (χ1n) is 6.93. The molecule has 2 N–H and O–H groups in total. The predicted molar refractivity (Wildman–Crippen MR) is 79.2 cm³/mol. The van der Waals surface area contributed by atoms with Crippen LogP contribution in [0.4, 0.5) is 0 Å². The van der Waals surface area contributed by atoms with Crippen LogP contribution in [-0.4, -0.2) is 17.4 Å². The molecule has 2 aromatic carbocycles. The van der Waals surface area contributed by atoms with Crippen LogP contribution in [0.2, 0.25) is 0 Å². The van der Waals surface area contributed by atoms with E-state index in [-0.39, 0.29) is 5.91 Å². The fourth-order valence-electron chi connectivity index (χ4n) is 2.74. The van der Waals surface area contributed by atoms with Crippen LogP contribution in [0.5, 0.6) is 0 Å². The number of hydrogen-bond acceptors (Lipinski definition) is 2. The highest BCUT2D eigenvalue weighted by molar-refractivity contribution is 5.96. The van der Waals surface area contributed by atoms with Crippen molar-refractivity contribution >= 4 is 5.91 Å². The first kappa shape index (κ1) is 12.9. The second-order valence-corrected chi connectivity index (χ2v) is 5.11. The Kier molecular flexibility index (Phi) is 3.52. The lowest BCUT2D eigenvalue weighted by atomic mass is 9.98. The van der Waals surface area contributed by atoms with Gasteiger partial charge in [0.15, 0.2) is 0 Å². The van der Waals surface area contributed by atoms with Crippen molar-refractivity contribution in [1.29, 1.82) is 0 Å². The molecule has 0 aliphatic carbocycles. The molecule has 2 aromatic rings. The van der Waals surface area contributed by atoms with Gasteiger partial charge in [-0.2, -0.15) is 0 Å². The molecule has 3 rings (SSSR count). The van der Waals surface area contributed by atoms with E-state index in [1.54, 1.807) is 0 Å². The number of nitrogens with zero attached hydrogens (tertiary/aromatic N) is 1. The van der Waals surface area contributed by atoms with E-state index in [0.717, 1.165) is 35.2 Å². The standard InChI is InChI=1S/C17H18N2O/c18-11-14-6-1-2-7-15(14)12-19-10-9-13-5-3-4-8-16(13)17(19)20/h1-8H,9-12,18H2. The number of nitrogens with two attached hydrogens (primary N) is 1. The van der Waals surface area contributed by atoms with Gasteiger partial charge in [-0.05, 0) is 29.2 Å². The van der Waals surface area contributed by atoms with Crippen LogP contribution in [0.15, 0.2) is 48.5 Å². The van der Waals surface area contributed by atoms with Crippen LogP contribution >= 0.6 is 0 Å². The van der Waals surface area contributed by atoms with E-state index in [1.165, 1.54) is 0 Å². The zero-order valence-corrected chi connectivity index (χ0v) is 11.4. The molecular weight excluding hydrogens is 248 g/mol. The molecule has 0 saturated heterocycles. The molecule has 1 amide bonds. The minimum Gasteiger partial charge on any atom is -0.334 e. The Morgan fingerprint density at radius 3 is 2.50 bits per heavy atom. The molecule has 1 aliphatic heterocycles. The van der Waals surface area contributed by atoms with Gasteiger partial charge in [0.05, 0.1) is 0 Å². The number of amides is 1. The van der Waals surface area contributed by atoms with E-state index < -0.39 is 0 Å². The molecule has 3 nitrogen and oxygen atoms in total. The molecule has 0 bridgehead atoms. The minimum atomic E-state index is 0.124. The minimum absolute atomic E-state index is 0.124. The first-order valence-corrected chi connectivity index (χ1v) is 6.93. The summed E-state index contributed by atoms with van der Waals surface area (Å²) < 4.78 is 0. The molecule has 1 aliphatic rings. The third-order valence-electron chi connectivity index (χ3n) is 3.89. The smallest absolute Gasteiger partial charge is 0.254 e.